The van der Waals surface area contributed by atoms with Crippen LogP contribution in [0.15, 0.2) is 57.0 Å². The van der Waals surface area contributed by atoms with Crippen molar-refractivity contribution >= 4 is 174 Å². The van der Waals surface area contributed by atoms with E-state index in [9.17, 15) is 22.5 Å². The van der Waals surface area contributed by atoms with E-state index in [-0.39, 0.29) is 178 Å². The molecule has 0 amide bonds. The van der Waals surface area contributed by atoms with Gasteiger partial charge in [-0.25, -0.2) is 66.8 Å². The van der Waals surface area contributed by atoms with Gasteiger partial charge in [0.25, 0.3) is 0 Å². The third kappa shape index (κ3) is 28.7. The summed E-state index contributed by atoms with van der Waals surface area (Å²) in [4.78, 5) is 71.3. The van der Waals surface area contributed by atoms with E-state index >= 15 is 0 Å². The Balaban J connectivity index is 0.000000146. The SMILES string of the molecule is CC1(C)OC2[C@H](O1)C(OCCPO)C[C@H]2N.CCCSc1nc(Cl)c(N)c(Cl)n1.CCCSc1nc(Cl)c(N)c(NC2CC(OCCPO)[C@H]3OC(C)(C)OC23)n1.CCCSc1nc(NC2C[C@H]2c2ccc(F)c(F)c2)c2nnn([C@@H]3C[C@H](OCCPO)[C@H]4OC(C)(C)OC34)c2n1.CCSc1nc(Cl)c2nnn([C@@H]3C[C@H](OCCPO)[C@H]4OC(C)(C)OC34)c2n1.N[C@@H]1CC1c1ccc(F)c(F)c1. The third-order valence-corrected chi connectivity index (χ3v) is 30.0. The van der Waals surface area contributed by atoms with Crippen molar-refractivity contribution < 1.29 is 94.0 Å². The second-order valence-electron chi connectivity index (χ2n) is 35.6. The molecule has 0 bridgehead atoms. The maximum atomic E-state index is 13.8. The molecule has 4 aliphatic heterocycles. The number of anilines is 4. The van der Waals surface area contributed by atoms with Crippen molar-refractivity contribution in [3.05, 3.63) is 91.4 Å². The van der Waals surface area contributed by atoms with Crippen molar-refractivity contribution in [3.63, 3.8) is 0 Å². The summed E-state index contributed by atoms with van der Waals surface area (Å²) in [6, 6.07) is 7.68. The average Bonchev–Trinajstić information content (AvgIpc) is 1.61. The second-order valence-corrected chi connectivity index (χ2v) is 44.7. The van der Waals surface area contributed by atoms with Crippen LogP contribution in [0, 0.1) is 23.3 Å². The van der Waals surface area contributed by atoms with Gasteiger partial charge in [0, 0.05) is 120 Å². The highest BCUT2D eigenvalue weighted by Gasteiger charge is 2.60. The summed E-state index contributed by atoms with van der Waals surface area (Å²) >= 11 is 30.1. The number of hydrogen-bond acceptors (Lipinski definition) is 38. The number of thioether (sulfide) groups is 4. The van der Waals surface area contributed by atoms with Crippen LogP contribution in [0.1, 0.15) is 176 Å². The van der Waals surface area contributed by atoms with Crippen molar-refractivity contribution in [2.24, 2.45) is 11.5 Å². The van der Waals surface area contributed by atoms with Gasteiger partial charge in [-0.05, 0) is 141 Å². The van der Waals surface area contributed by atoms with Crippen molar-refractivity contribution in [3.8, 4) is 0 Å². The summed E-state index contributed by atoms with van der Waals surface area (Å²) in [5, 5.41) is 27.7. The number of nitrogens with one attached hydrogen (secondary N) is 2. The molecule has 13 unspecified atom stereocenters. The lowest BCUT2D eigenvalue weighted by Crippen LogP contribution is -2.35. The van der Waals surface area contributed by atoms with Crippen LogP contribution in [0.5, 0.6) is 0 Å². The minimum absolute atomic E-state index is 0.00174. The Kier molecular flexibility index (Phi) is 40.2. The van der Waals surface area contributed by atoms with Crippen LogP contribution in [-0.2, 0) is 56.8 Å². The number of nitrogens with two attached hydrogens (primary N) is 4. The first kappa shape index (κ1) is 110. The normalized spacial score (nSPS) is 28.7. The summed E-state index contributed by atoms with van der Waals surface area (Å²) in [6.07, 6.45) is 7.77. The third-order valence-electron chi connectivity index (χ3n) is 23.3. The molecule has 10 aliphatic rings. The highest BCUT2D eigenvalue weighted by atomic mass is 35.5. The van der Waals surface area contributed by atoms with E-state index in [4.69, 9.17) is 151 Å². The summed E-state index contributed by atoms with van der Waals surface area (Å²) in [7, 11) is -0.488. The monoisotopic (exact) mass is 2150 g/mol. The van der Waals surface area contributed by atoms with E-state index < -0.39 is 46.4 Å². The van der Waals surface area contributed by atoms with Gasteiger partial charge in [-0.1, -0.05) is 144 Å². The number of ether oxygens (including phenoxy) is 12. The number of hydrogen-bond donors (Lipinski definition) is 10. The molecule has 8 aromatic rings. The van der Waals surface area contributed by atoms with Crippen molar-refractivity contribution in [2.75, 3.05) is 96.2 Å². The molecular formula is C85H122Cl4F4N20O16P4S4. The fourth-order valence-electron chi connectivity index (χ4n) is 17.2. The van der Waals surface area contributed by atoms with E-state index in [1.807, 2.05) is 62.3 Å². The molecule has 14 N–H and O–H groups in total. The quantitative estimate of drug-likeness (QED) is 0.00440. The van der Waals surface area contributed by atoms with E-state index in [1.54, 1.807) is 45.0 Å². The molecule has 10 heterocycles. The predicted molar refractivity (Wildman–Crippen MR) is 529 cm³/mol. The van der Waals surface area contributed by atoms with E-state index in [1.165, 1.54) is 41.7 Å². The van der Waals surface area contributed by atoms with Gasteiger partial charge in [0.15, 0.2) is 122 Å². The second kappa shape index (κ2) is 50.0. The minimum atomic E-state index is -0.851. The van der Waals surface area contributed by atoms with E-state index in [0.717, 1.165) is 78.7 Å². The van der Waals surface area contributed by atoms with Crippen LogP contribution < -0.4 is 33.6 Å². The molecule has 24 atom stereocenters. The smallest absolute Gasteiger partial charge is 0.191 e. The minimum Gasteiger partial charge on any atom is -0.394 e. The maximum absolute atomic E-state index is 13.8. The van der Waals surface area contributed by atoms with Gasteiger partial charge in [-0.2, -0.15) is 0 Å². The molecule has 0 spiro atoms. The standard InChI is InChI=1S/C26H33F2N6O4PS.C17H28ClN4O4PS.C16H23ClN5O4PS.C10H20NO4P.C9H9F2N.C7H9Cl2N3S/c1-4-9-40-25-30-23(29-17-11-14(17)13-5-6-15(27)16(28)10-13)20-24(31-25)34(33-32-20)18-12-19(36-7-8-39-35)22-21(18)37-26(2,3)38-22;1-4-7-28-16-21-14(18)11(19)15(22-16)20-9-8-10(24-5-6-27-23)13-12(9)25-17(2,3)26-13;1-4-28-15-18-13(17)10-14(19-15)22(21-20-10)8-7-9(24-5-6-27-23)12-11(8)25-16(2,3)26-12;1-10(2)14-8-6(11)5-7(9(8)15-10)13-3-4-16-12;10-7-2-1-5(3-8(7)11)6-4-9(6)12;1-2-3-13-7-11-5(8)4(10)6(9)12-7/h5-6,10,14,17-19,21-22,35,39H,4,7-9,11-12H2,1-3H3,(H,29,30,31);9-10,12-13,23,27H,4-8,19H2,1-3H3,(H,20,21,22);8-9,11-12,23,27H,4-7H2,1-3H3;6-9,12,16H,3-5,11H2,1-2H3;1-3,6,9H,4,12H2;2-3,10H2,1H3/t14-,17?,18+,19-,21?,22+;9?,10?,12?,13-;8-,9+,11?,12-;6-,7?,8?,9-;6?,9-;/m01111./s1. The number of nitrogens with zero attached hydrogens (tertiary/aromatic N) is 14. The van der Waals surface area contributed by atoms with Gasteiger partial charge in [0.05, 0.1) is 69.0 Å². The van der Waals surface area contributed by atoms with Crippen molar-refractivity contribution in [1.29, 1.82) is 0 Å². The Morgan fingerprint density at radius 3 is 1.23 bits per heavy atom. The Labute approximate surface area is 837 Å². The Morgan fingerprint density at radius 2 is 0.781 bits per heavy atom. The number of fused-ring (bicyclic) bond motifs is 6. The van der Waals surface area contributed by atoms with Crippen LogP contribution >= 0.6 is 129 Å². The fourth-order valence-corrected chi connectivity index (χ4v) is 21.7. The van der Waals surface area contributed by atoms with Gasteiger partial charge >= 0.3 is 0 Å². The average molecular weight is 2150 g/mol. The number of aromatic nitrogens is 14. The number of rotatable bonds is 35. The molecule has 2 aromatic carbocycles. The molecule has 6 aromatic heterocycles. The van der Waals surface area contributed by atoms with Crippen molar-refractivity contribution in [2.45, 2.75) is 306 Å². The lowest BCUT2D eigenvalue weighted by molar-refractivity contribution is -0.170. The molecule has 758 valence electrons. The number of benzene rings is 2. The highest BCUT2D eigenvalue weighted by molar-refractivity contribution is 7.99. The summed E-state index contributed by atoms with van der Waals surface area (Å²) in [5.41, 5.74) is 27.5. The Bertz CT molecular complexity index is 5310. The van der Waals surface area contributed by atoms with Crippen LogP contribution in [0.2, 0.25) is 20.6 Å². The molecule has 10 fully saturated rings. The van der Waals surface area contributed by atoms with Crippen LogP contribution in [0.25, 0.3) is 22.3 Å². The first-order valence-corrected chi connectivity index (χ1v) is 55.5. The van der Waals surface area contributed by atoms with Gasteiger partial charge in [-0.3, -0.25) is 0 Å². The number of nitrogen functional groups attached to an aromatic ring is 2. The van der Waals surface area contributed by atoms with E-state index in [2.05, 4.69) is 81.9 Å². The summed E-state index contributed by atoms with van der Waals surface area (Å²) in [5.74, 6) is -1.11. The first-order valence-electron chi connectivity index (χ1n) is 45.5. The van der Waals surface area contributed by atoms with Gasteiger partial charge in [-0.15, -0.1) is 10.2 Å². The zero-order chi connectivity index (χ0) is 98.5. The van der Waals surface area contributed by atoms with Gasteiger partial charge in [0.2, 0.25) is 0 Å². The summed E-state index contributed by atoms with van der Waals surface area (Å²) < 4.78 is 128. The molecule has 4 saturated heterocycles. The Hall–Kier alpha value is -3.96. The fraction of sp³-hybridized carbons (Fsp3) is 0.671. The lowest BCUT2D eigenvalue weighted by Gasteiger charge is -2.24. The molecular weight excluding hydrogens is 2030 g/mol. The zero-order valence-corrected chi connectivity index (χ0v) is 88.1. The van der Waals surface area contributed by atoms with E-state index in [0.29, 0.717) is 136 Å². The predicted octanol–water partition coefficient (Wildman–Crippen LogP) is 14.6. The summed E-state index contributed by atoms with van der Waals surface area (Å²) in [6.45, 7) is 25.4. The number of halogens is 8. The van der Waals surface area contributed by atoms with Gasteiger partial charge < -0.3 is 110 Å². The molecule has 52 heteroatoms. The largest absolute Gasteiger partial charge is 0.394 e. The van der Waals surface area contributed by atoms with Crippen LogP contribution in [0.3, 0.4) is 0 Å². The van der Waals surface area contributed by atoms with Crippen LogP contribution in [-0.4, -0.2) is 284 Å². The molecule has 6 aliphatic carbocycles. The van der Waals surface area contributed by atoms with Crippen LogP contribution in [0.4, 0.5) is 40.6 Å². The molecule has 18 rings (SSSR count). The van der Waals surface area contributed by atoms with Gasteiger partial charge in [0.1, 0.15) is 60.2 Å². The zero-order valence-electron chi connectivity index (χ0n) is 77.8. The van der Waals surface area contributed by atoms with Crippen molar-refractivity contribution in [1.82, 2.24) is 69.9 Å². The lowest BCUT2D eigenvalue weighted by atomic mass is 10.1. The molecule has 137 heavy (non-hydrogen) atoms. The molecule has 6 saturated carbocycles. The maximum Gasteiger partial charge on any atom is 0.191 e. The molecule has 36 nitrogen and oxygen atoms in total. The topological polar surface area (TPSA) is 484 Å². The molecule has 0 radical (unpaired) electrons. The first-order chi connectivity index (χ1) is 65.4. The Morgan fingerprint density at radius 1 is 0.416 bits per heavy atom. The highest BCUT2D eigenvalue weighted by Crippen LogP contribution is 2.51.